The maximum absolute atomic E-state index is 12.4. The van der Waals surface area contributed by atoms with Gasteiger partial charge in [-0.05, 0) is 49.2 Å². The van der Waals surface area contributed by atoms with Crippen LogP contribution >= 0.6 is 0 Å². The van der Waals surface area contributed by atoms with Gasteiger partial charge in [0.2, 0.25) is 0 Å². The fourth-order valence-electron chi connectivity index (χ4n) is 1.89. The molecule has 2 rings (SSSR count). The van der Waals surface area contributed by atoms with Crippen molar-refractivity contribution >= 4 is 21.7 Å². The number of aryl methyl sites for hydroxylation is 2. The van der Waals surface area contributed by atoms with Crippen LogP contribution in [0.4, 0.5) is 5.82 Å². The van der Waals surface area contributed by atoms with Gasteiger partial charge in [-0.25, -0.2) is 13.4 Å². The summed E-state index contributed by atoms with van der Waals surface area (Å²) < 4.78 is 32.6. The Morgan fingerprint density at radius 2 is 1.96 bits per heavy atom. The van der Waals surface area contributed by atoms with Gasteiger partial charge in [-0.2, -0.15) is 0 Å². The standard InChI is InChI=1S/C16H19N3O4S/c1-11-4-7-15(18-9-11)19-24(21,22)13-5-6-14(12(2)8-13)23-10-16(20)17-3/h4-9H,10H2,1-3H3,(H,17,20)(H,18,19). The molecule has 24 heavy (non-hydrogen) atoms. The normalized spacial score (nSPS) is 11.0. The van der Waals surface area contributed by atoms with Crippen molar-refractivity contribution in [3.8, 4) is 5.75 Å². The van der Waals surface area contributed by atoms with E-state index in [-0.39, 0.29) is 23.2 Å². The lowest BCUT2D eigenvalue weighted by Gasteiger charge is -2.11. The number of likely N-dealkylation sites (N-methyl/N-ethyl adjacent to an activating group) is 1. The van der Waals surface area contributed by atoms with Gasteiger partial charge >= 0.3 is 0 Å². The molecule has 0 radical (unpaired) electrons. The van der Waals surface area contributed by atoms with Gasteiger partial charge < -0.3 is 10.1 Å². The smallest absolute Gasteiger partial charge is 0.263 e. The predicted octanol–water partition coefficient (Wildman–Crippen LogP) is 1.62. The van der Waals surface area contributed by atoms with Crippen molar-refractivity contribution in [3.05, 3.63) is 47.7 Å². The van der Waals surface area contributed by atoms with Gasteiger partial charge in [0, 0.05) is 13.2 Å². The second-order valence-electron chi connectivity index (χ2n) is 5.22. The van der Waals surface area contributed by atoms with E-state index in [2.05, 4.69) is 15.0 Å². The van der Waals surface area contributed by atoms with Crippen LogP contribution in [0.15, 0.2) is 41.4 Å². The lowest BCUT2D eigenvalue weighted by Crippen LogP contribution is -2.25. The molecular formula is C16H19N3O4S. The van der Waals surface area contributed by atoms with Gasteiger partial charge in [0.15, 0.2) is 6.61 Å². The molecule has 0 bridgehead atoms. The molecule has 0 saturated heterocycles. The third-order valence-electron chi connectivity index (χ3n) is 3.24. The van der Waals surface area contributed by atoms with E-state index in [1.165, 1.54) is 25.2 Å². The number of anilines is 1. The molecule has 0 unspecified atom stereocenters. The van der Waals surface area contributed by atoms with E-state index in [0.717, 1.165) is 5.56 Å². The van der Waals surface area contributed by atoms with Crippen LogP contribution in [0.25, 0.3) is 0 Å². The van der Waals surface area contributed by atoms with Gasteiger partial charge in [-0.15, -0.1) is 0 Å². The van der Waals surface area contributed by atoms with Gasteiger partial charge in [0.25, 0.3) is 15.9 Å². The summed E-state index contributed by atoms with van der Waals surface area (Å²) in [5.41, 5.74) is 1.55. The lowest BCUT2D eigenvalue weighted by molar-refractivity contribution is -0.122. The van der Waals surface area contributed by atoms with Crippen LogP contribution in [0, 0.1) is 13.8 Å². The number of carbonyl (C=O) groups excluding carboxylic acids is 1. The maximum atomic E-state index is 12.4. The van der Waals surface area contributed by atoms with Crippen LogP contribution in [-0.4, -0.2) is 33.0 Å². The summed E-state index contributed by atoms with van der Waals surface area (Å²) >= 11 is 0. The molecule has 0 fully saturated rings. The van der Waals surface area contributed by atoms with Crippen molar-refractivity contribution in [2.75, 3.05) is 18.4 Å². The van der Waals surface area contributed by atoms with E-state index in [0.29, 0.717) is 11.3 Å². The third kappa shape index (κ3) is 4.45. The Balaban J connectivity index is 2.17. The van der Waals surface area contributed by atoms with Crippen molar-refractivity contribution in [2.24, 2.45) is 0 Å². The molecule has 0 aliphatic carbocycles. The molecule has 1 aromatic carbocycles. The molecule has 2 N–H and O–H groups in total. The van der Waals surface area contributed by atoms with E-state index in [1.807, 2.05) is 6.92 Å². The zero-order valence-electron chi connectivity index (χ0n) is 13.7. The molecule has 0 aliphatic rings. The highest BCUT2D eigenvalue weighted by molar-refractivity contribution is 7.92. The molecule has 0 saturated carbocycles. The Kier molecular flexibility index (Phi) is 5.40. The van der Waals surface area contributed by atoms with E-state index >= 15 is 0 Å². The number of aromatic nitrogens is 1. The van der Waals surface area contributed by atoms with Gasteiger partial charge in [0.1, 0.15) is 11.6 Å². The van der Waals surface area contributed by atoms with Crippen LogP contribution in [-0.2, 0) is 14.8 Å². The van der Waals surface area contributed by atoms with Crippen molar-refractivity contribution in [1.29, 1.82) is 0 Å². The van der Waals surface area contributed by atoms with Crippen LogP contribution in [0.3, 0.4) is 0 Å². The van der Waals surface area contributed by atoms with Crippen LogP contribution in [0.5, 0.6) is 5.75 Å². The highest BCUT2D eigenvalue weighted by Gasteiger charge is 2.16. The van der Waals surface area contributed by atoms with Gasteiger partial charge in [0.05, 0.1) is 4.90 Å². The molecule has 1 amide bonds. The topological polar surface area (TPSA) is 97.4 Å². The second-order valence-corrected chi connectivity index (χ2v) is 6.90. The van der Waals surface area contributed by atoms with E-state index < -0.39 is 10.0 Å². The lowest BCUT2D eigenvalue weighted by atomic mass is 10.2. The molecule has 0 atom stereocenters. The number of hydrogen-bond donors (Lipinski definition) is 2. The number of benzene rings is 1. The summed E-state index contributed by atoms with van der Waals surface area (Å²) in [6.07, 6.45) is 1.58. The number of pyridine rings is 1. The summed E-state index contributed by atoms with van der Waals surface area (Å²) in [5, 5.41) is 2.44. The summed E-state index contributed by atoms with van der Waals surface area (Å²) in [6, 6.07) is 7.79. The fourth-order valence-corrected chi connectivity index (χ4v) is 2.98. The van der Waals surface area contributed by atoms with Crippen molar-refractivity contribution < 1.29 is 17.9 Å². The SMILES string of the molecule is CNC(=O)COc1ccc(S(=O)(=O)Nc2ccc(C)cn2)cc1C. The quantitative estimate of drug-likeness (QED) is 0.826. The molecule has 1 aromatic heterocycles. The Bertz CT molecular complexity index is 833. The number of amides is 1. The zero-order chi connectivity index (χ0) is 17.7. The molecule has 1 heterocycles. The van der Waals surface area contributed by atoms with Gasteiger partial charge in [-0.3, -0.25) is 9.52 Å². The van der Waals surface area contributed by atoms with E-state index in [9.17, 15) is 13.2 Å². The largest absolute Gasteiger partial charge is 0.484 e. The molecule has 8 heteroatoms. The van der Waals surface area contributed by atoms with Crippen molar-refractivity contribution in [1.82, 2.24) is 10.3 Å². The molecule has 2 aromatic rings. The molecule has 0 aliphatic heterocycles. The molecule has 7 nitrogen and oxygen atoms in total. The number of sulfonamides is 1. The number of rotatable bonds is 6. The third-order valence-corrected chi connectivity index (χ3v) is 4.60. The summed E-state index contributed by atoms with van der Waals surface area (Å²) in [4.78, 5) is 15.3. The first-order chi connectivity index (χ1) is 11.3. The highest BCUT2D eigenvalue weighted by atomic mass is 32.2. The number of hydrogen-bond acceptors (Lipinski definition) is 5. The first-order valence-corrected chi connectivity index (χ1v) is 8.69. The first kappa shape index (κ1) is 17.7. The van der Waals surface area contributed by atoms with Crippen LogP contribution in [0.1, 0.15) is 11.1 Å². The van der Waals surface area contributed by atoms with E-state index in [1.54, 1.807) is 25.3 Å². The summed E-state index contributed by atoms with van der Waals surface area (Å²) in [6.45, 7) is 3.45. The average Bonchev–Trinajstić information content (AvgIpc) is 2.55. The second kappa shape index (κ2) is 7.31. The minimum atomic E-state index is -3.75. The van der Waals surface area contributed by atoms with Gasteiger partial charge in [-0.1, -0.05) is 6.07 Å². The Labute approximate surface area is 141 Å². The molecule has 0 spiro atoms. The minimum absolute atomic E-state index is 0.0923. The molecule has 128 valence electrons. The minimum Gasteiger partial charge on any atom is -0.484 e. The van der Waals surface area contributed by atoms with Crippen LogP contribution < -0.4 is 14.8 Å². The number of carbonyl (C=O) groups is 1. The Morgan fingerprint density at radius 3 is 2.54 bits per heavy atom. The maximum Gasteiger partial charge on any atom is 0.263 e. The Hall–Kier alpha value is -2.61. The average molecular weight is 349 g/mol. The van der Waals surface area contributed by atoms with Crippen molar-refractivity contribution in [2.45, 2.75) is 18.7 Å². The summed E-state index contributed by atoms with van der Waals surface area (Å²) in [7, 11) is -2.24. The molecular weight excluding hydrogens is 330 g/mol. The number of ether oxygens (including phenoxy) is 1. The highest BCUT2D eigenvalue weighted by Crippen LogP contribution is 2.23. The Morgan fingerprint density at radius 1 is 1.21 bits per heavy atom. The van der Waals surface area contributed by atoms with E-state index in [4.69, 9.17) is 4.74 Å². The monoisotopic (exact) mass is 349 g/mol. The van der Waals surface area contributed by atoms with Crippen molar-refractivity contribution in [3.63, 3.8) is 0 Å². The van der Waals surface area contributed by atoms with Crippen LogP contribution in [0.2, 0.25) is 0 Å². The predicted molar refractivity (Wildman–Crippen MR) is 90.5 cm³/mol. The number of nitrogens with one attached hydrogen (secondary N) is 2. The first-order valence-electron chi connectivity index (χ1n) is 7.21. The zero-order valence-corrected chi connectivity index (χ0v) is 14.5. The summed E-state index contributed by atoms with van der Waals surface area (Å²) in [5.74, 6) is 0.433. The number of nitrogens with zero attached hydrogens (tertiary/aromatic N) is 1. The fraction of sp³-hybridized carbons (Fsp3) is 0.250.